The second-order valence-corrected chi connectivity index (χ2v) is 7.34. The van der Waals surface area contributed by atoms with E-state index >= 15 is 0 Å². The van der Waals surface area contributed by atoms with E-state index in [0.29, 0.717) is 22.4 Å². The fraction of sp³-hybridized carbons (Fsp3) is 0.120. The molecule has 0 radical (unpaired) electrons. The van der Waals surface area contributed by atoms with E-state index in [1.807, 2.05) is 0 Å². The van der Waals surface area contributed by atoms with Gasteiger partial charge in [-0.25, -0.2) is 8.78 Å². The fourth-order valence-corrected chi connectivity index (χ4v) is 3.75. The van der Waals surface area contributed by atoms with Crippen molar-refractivity contribution in [3.8, 4) is 5.75 Å². The number of carbonyl (C=O) groups excluding carboxylic acids is 2. The molecule has 1 amide bonds. The van der Waals surface area contributed by atoms with Crippen LogP contribution in [0.2, 0.25) is 0 Å². The van der Waals surface area contributed by atoms with Crippen molar-refractivity contribution in [1.29, 1.82) is 0 Å². The van der Waals surface area contributed by atoms with Crippen LogP contribution in [0.1, 0.15) is 22.7 Å². The molecule has 1 heterocycles. The van der Waals surface area contributed by atoms with Crippen molar-refractivity contribution >= 4 is 17.4 Å². The maximum atomic E-state index is 13.6. The van der Waals surface area contributed by atoms with Gasteiger partial charge < -0.3 is 14.7 Å². The van der Waals surface area contributed by atoms with Gasteiger partial charge in [-0.1, -0.05) is 36.4 Å². The van der Waals surface area contributed by atoms with Crippen molar-refractivity contribution < 1.29 is 28.2 Å². The molecule has 0 spiro atoms. The van der Waals surface area contributed by atoms with Gasteiger partial charge in [-0.2, -0.15) is 0 Å². The molecule has 0 aromatic heterocycles. The number of hydrogen-bond acceptors (Lipinski definition) is 4. The maximum absolute atomic E-state index is 13.6. The molecule has 1 unspecified atom stereocenters. The summed E-state index contributed by atoms with van der Waals surface area (Å²) in [4.78, 5) is 27.2. The molecule has 1 N–H and O–H groups in total. The summed E-state index contributed by atoms with van der Waals surface area (Å²) in [6.07, 6.45) is 0. The normalized spacial score (nSPS) is 17.6. The topological polar surface area (TPSA) is 66.8 Å². The minimum atomic E-state index is -0.952. The zero-order valence-corrected chi connectivity index (χ0v) is 17.1. The molecule has 0 saturated carbocycles. The molecule has 1 aliphatic rings. The third kappa shape index (κ3) is 3.97. The number of ether oxygens (including phenoxy) is 1. The molecule has 162 valence electrons. The molecule has 1 atom stereocenters. The highest BCUT2D eigenvalue weighted by Crippen LogP contribution is 2.40. The van der Waals surface area contributed by atoms with Gasteiger partial charge >= 0.3 is 0 Å². The molecule has 0 bridgehead atoms. The number of halogens is 2. The van der Waals surface area contributed by atoms with Gasteiger partial charge in [-0.15, -0.1) is 0 Å². The predicted octanol–water partition coefficient (Wildman–Crippen LogP) is 4.60. The van der Waals surface area contributed by atoms with Crippen molar-refractivity contribution in [3.63, 3.8) is 0 Å². The molecule has 32 heavy (non-hydrogen) atoms. The number of aliphatic hydroxyl groups excluding tert-OH is 1. The van der Waals surface area contributed by atoms with Gasteiger partial charge in [0, 0.05) is 12.1 Å². The molecular formula is C25H19F2NO4. The molecule has 0 aliphatic carbocycles. The summed E-state index contributed by atoms with van der Waals surface area (Å²) in [6.45, 7) is 0.00177. The lowest BCUT2D eigenvalue weighted by molar-refractivity contribution is -0.140. The monoisotopic (exact) mass is 435 g/mol. The van der Waals surface area contributed by atoms with E-state index in [0.717, 1.165) is 0 Å². The maximum Gasteiger partial charge on any atom is 0.295 e. The molecule has 1 saturated heterocycles. The number of methoxy groups -OCH3 is 1. The quantitative estimate of drug-likeness (QED) is 0.362. The lowest BCUT2D eigenvalue weighted by Gasteiger charge is -2.25. The molecule has 3 aromatic carbocycles. The van der Waals surface area contributed by atoms with E-state index in [2.05, 4.69) is 0 Å². The lowest BCUT2D eigenvalue weighted by Crippen LogP contribution is -2.29. The van der Waals surface area contributed by atoms with E-state index in [1.165, 1.54) is 60.5 Å². The largest absolute Gasteiger partial charge is 0.507 e. The number of likely N-dealkylation sites (tertiary alicyclic amines) is 1. The number of ketones is 1. The summed E-state index contributed by atoms with van der Waals surface area (Å²) in [7, 11) is 1.47. The van der Waals surface area contributed by atoms with Gasteiger partial charge in [-0.05, 0) is 47.5 Å². The molecular weight excluding hydrogens is 416 g/mol. The number of aliphatic hydroxyl groups is 1. The number of carbonyl (C=O) groups is 2. The Morgan fingerprint density at radius 3 is 2.22 bits per heavy atom. The first-order valence-electron chi connectivity index (χ1n) is 9.82. The number of rotatable bonds is 5. The van der Waals surface area contributed by atoms with Gasteiger partial charge in [0.1, 0.15) is 23.1 Å². The van der Waals surface area contributed by atoms with E-state index in [1.54, 1.807) is 24.3 Å². The first-order valence-corrected chi connectivity index (χ1v) is 9.82. The highest BCUT2D eigenvalue weighted by molar-refractivity contribution is 6.46. The first kappa shape index (κ1) is 21.2. The Hall–Kier alpha value is -4.00. The summed E-state index contributed by atoms with van der Waals surface area (Å²) in [5.74, 6) is -2.47. The van der Waals surface area contributed by atoms with Crippen molar-refractivity contribution in [2.75, 3.05) is 7.11 Å². The molecule has 7 heteroatoms. The lowest BCUT2D eigenvalue weighted by atomic mass is 9.95. The Labute approximate surface area is 183 Å². The van der Waals surface area contributed by atoms with E-state index in [-0.39, 0.29) is 17.9 Å². The van der Waals surface area contributed by atoms with Crippen LogP contribution in [-0.4, -0.2) is 28.8 Å². The Morgan fingerprint density at radius 2 is 1.59 bits per heavy atom. The third-order valence-corrected chi connectivity index (χ3v) is 5.34. The second kappa shape index (κ2) is 8.63. The first-order chi connectivity index (χ1) is 15.4. The molecule has 3 aromatic rings. The summed E-state index contributed by atoms with van der Waals surface area (Å²) in [6, 6.07) is 16.4. The van der Waals surface area contributed by atoms with Crippen molar-refractivity contribution in [2.24, 2.45) is 0 Å². The average molecular weight is 435 g/mol. The van der Waals surface area contributed by atoms with Gasteiger partial charge in [-0.3, -0.25) is 9.59 Å². The SMILES string of the molecule is COc1cccc(/C(O)=C2/C(=O)C(=O)N(Cc3ccc(F)cc3)C2c2ccc(F)cc2)c1. The molecule has 1 aliphatic heterocycles. The van der Waals surface area contributed by atoms with Crippen molar-refractivity contribution in [3.05, 3.63) is 107 Å². The summed E-state index contributed by atoms with van der Waals surface area (Å²) >= 11 is 0. The van der Waals surface area contributed by atoms with Crippen LogP contribution in [0.25, 0.3) is 5.76 Å². The summed E-state index contributed by atoms with van der Waals surface area (Å²) in [5.41, 5.74) is 1.24. The average Bonchev–Trinajstić information content (AvgIpc) is 3.05. The predicted molar refractivity (Wildman–Crippen MR) is 114 cm³/mol. The number of benzene rings is 3. The van der Waals surface area contributed by atoms with Crippen LogP contribution in [0.4, 0.5) is 8.78 Å². The van der Waals surface area contributed by atoms with Gasteiger partial charge in [0.25, 0.3) is 11.7 Å². The van der Waals surface area contributed by atoms with Crippen molar-refractivity contribution in [1.82, 2.24) is 4.90 Å². The van der Waals surface area contributed by atoms with Crippen LogP contribution in [0.3, 0.4) is 0 Å². The Bertz CT molecular complexity index is 1200. The van der Waals surface area contributed by atoms with Gasteiger partial charge in [0.2, 0.25) is 0 Å². The Kier molecular flexibility index (Phi) is 5.73. The van der Waals surface area contributed by atoms with Crippen LogP contribution in [0.5, 0.6) is 5.75 Å². The Balaban J connectivity index is 1.85. The fourth-order valence-electron chi connectivity index (χ4n) is 3.75. The number of amides is 1. The summed E-state index contributed by atoms with van der Waals surface area (Å²) in [5, 5.41) is 11.0. The third-order valence-electron chi connectivity index (χ3n) is 5.34. The highest BCUT2D eigenvalue weighted by atomic mass is 19.1. The van der Waals surface area contributed by atoms with Crippen LogP contribution in [0, 0.1) is 11.6 Å². The van der Waals surface area contributed by atoms with Crippen LogP contribution in [-0.2, 0) is 16.1 Å². The number of hydrogen-bond donors (Lipinski definition) is 1. The van der Waals surface area contributed by atoms with Crippen molar-refractivity contribution in [2.45, 2.75) is 12.6 Å². The van der Waals surface area contributed by atoms with Crippen LogP contribution < -0.4 is 4.74 Å². The zero-order chi connectivity index (χ0) is 22.8. The van der Waals surface area contributed by atoms with Gasteiger partial charge in [0.15, 0.2) is 0 Å². The van der Waals surface area contributed by atoms with Gasteiger partial charge in [0.05, 0.1) is 18.7 Å². The summed E-state index contributed by atoms with van der Waals surface area (Å²) < 4.78 is 32.1. The molecule has 5 nitrogen and oxygen atoms in total. The van der Waals surface area contributed by atoms with E-state index in [4.69, 9.17) is 4.74 Å². The second-order valence-electron chi connectivity index (χ2n) is 7.34. The standard InChI is InChI=1S/C25H19F2NO4/c1-32-20-4-2-3-17(13-20)23(29)21-22(16-7-11-19(27)12-8-16)28(25(31)24(21)30)14-15-5-9-18(26)10-6-15/h2-13,22,29H,14H2,1H3/b23-21-. The molecule has 1 fully saturated rings. The minimum Gasteiger partial charge on any atom is -0.507 e. The Morgan fingerprint density at radius 1 is 0.969 bits per heavy atom. The number of Topliss-reactive ketones (excluding diaryl/α,β-unsaturated/α-hetero) is 1. The van der Waals surface area contributed by atoms with E-state index in [9.17, 15) is 23.5 Å². The molecule has 4 rings (SSSR count). The van der Waals surface area contributed by atoms with Crippen LogP contribution in [0.15, 0.2) is 78.4 Å². The van der Waals surface area contributed by atoms with Crippen LogP contribution >= 0.6 is 0 Å². The number of nitrogens with zero attached hydrogens (tertiary/aromatic N) is 1. The van der Waals surface area contributed by atoms with E-state index < -0.39 is 29.4 Å². The minimum absolute atomic E-state index is 0.00177. The highest BCUT2D eigenvalue weighted by Gasteiger charge is 2.46. The smallest absolute Gasteiger partial charge is 0.295 e. The zero-order valence-electron chi connectivity index (χ0n) is 17.1.